The molecule has 1 fully saturated rings. The van der Waals surface area contributed by atoms with E-state index in [2.05, 4.69) is 19.5 Å². The number of aryl methyl sites for hydroxylation is 1. The summed E-state index contributed by atoms with van der Waals surface area (Å²) in [5.41, 5.74) is 3.84. The molecule has 1 aliphatic rings. The predicted molar refractivity (Wildman–Crippen MR) is 103 cm³/mol. The Bertz CT molecular complexity index is 914. The number of rotatable bonds is 4. The molecule has 0 aromatic carbocycles. The number of imidazole rings is 1. The van der Waals surface area contributed by atoms with Crippen LogP contribution in [0.5, 0.6) is 0 Å². The van der Waals surface area contributed by atoms with Gasteiger partial charge in [-0.1, -0.05) is 6.07 Å². The zero-order valence-corrected chi connectivity index (χ0v) is 15.9. The molecule has 6 nitrogen and oxygen atoms in total. The molecule has 1 saturated heterocycles. The molecule has 1 amide bonds. The van der Waals surface area contributed by atoms with Gasteiger partial charge in [0, 0.05) is 36.5 Å². The van der Waals surface area contributed by atoms with Gasteiger partial charge in [0.1, 0.15) is 5.82 Å². The molecule has 4 heterocycles. The molecule has 1 aliphatic heterocycles. The molecule has 1 N–H and O–H groups in total. The van der Waals surface area contributed by atoms with Gasteiger partial charge in [-0.15, -0.1) is 0 Å². The highest BCUT2D eigenvalue weighted by Crippen LogP contribution is 2.31. The topological polar surface area (TPSA) is 66.8 Å². The van der Waals surface area contributed by atoms with Crippen molar-refractivity contribution in [2.45, 2.75) is 45.7 Å². The number of pyridine rings is 1. The van der Waals surface area contributed by atoms with Crippen LogP contribution in [0.1, 0.15) is 58.6 Å². The summed E-state index contributed by atoms with van der Waals surface area (Å²) in [4.78, 5) is 27.4. The number of amides is 1. The summed E-state index contributed by atoms with van der Waals surface area (Å²) in [7, 11) is 0. The lowest BCUT2D eigenvalue weighted by molar-refractivity contribution is 0.0600. The molecule has 0 spiro atoms. The summed E-state index contributed by atoms with van der Waals surface area (Å²) in [5, 5.41) is 0. The first-order chi connectivity index (χ1) is 13.1. The first-order valence-corrected chi connectivity index (χ1v) is 9.52. The molecule has 140 valence electrons. The third-order valence-corrected chi connectivity index (χ3v) is 5.45. The van der Waals surface area contributed by atoms with Crippen molar-refractivity contribution in [3.63, 3.8) is 0 Å². The summed E-state index contributed by atoms with van der Waals surface area (Å²) < 4.78 is 2.17. The zero-order valence-electron chi connectivity index (χ0n) is 15.9. The van der Waals surface area contributed by atoms with Gasteiger partial charge < -0.3 is 14.5 Å². The highest BCUT2D eigenvalue weighted by atomic mass is 16.2. The molecule has 4 rings (SSSR count). The SMILES string of the molecule is Cc1cc(C(=O)N2CCCC[C@H]2c2ncc[nH]2)c(C)n1Cc1ccccn1. The Kier molecular flexibility index (Phi) is 4.79. The van der Waals surface area contributed by atoms with Crippen LogP contribution in [0.25, 0.3) is 0 Å². The number of aromatic nitrogens is 4. The van der Waals surface area contributed by atoms with Crippen LogP contribution in [0, 0.1) is 13.8 Å². The van der Waals surface area contributed by atoms with E-state index in [0.717, 1.165) is 54.3 Å². The fourth-order valence-corrected chi connectivity index (χ4v) is 3.99. The van der Waals surface area contributed by atoms with Crippen molar-refractivity contribution in [2.75, 3.05) is 6.54 Å². The molecule has 27 heavy (non-hydrogen) atoms. The highest BCUT2D eigenvalue weighted by Gasteiger charge is 2.31. The van der Waals surface area contributed by atoms with Gasteiger partial charge >= 0.3 is 0 Å². The second-order valence-corrected chi connectivity index (χ2v) is 7.18. The Labute approximate surface area is 159 Å². The van der Waals surface area contributed by atoms with Crippen LogP contribution in [-0.4, -0.2) is 36.9 Å². The van der Waals surface area contributed by atoms with Gasteiger partial charge in [0.15, 0.2) is 0 Å². The number of likely N-dealkylation sites (tertiary alicyclic amines) is 1. The molecule has 0 unspecified atom stereocenters. The number of nitrogens with zero attached hydrogens (tertiary/aromatic N) is 4. The van der Waals surface area contributed by atoms with Crippen molar-refractivity contribution in [3.05, 3.63) is 71.3 Å². The van der Waals surface area contributed by atoms with E-state index in [1.165, 1.54) is 0 Å². The van der Waals surface area contributed by atoms with E-state index in [0.29, 0.717) is 6.54 Å². The predicted octanol–water partition coefficient (Wildman–Crippen LogP) is 3.64. The van der Waals surface area contributed by atoms with Crippen LogP contribution in [0.3, 0.4) is 0 Å². The van der Waals surface area contributed by atoms with Crippen molar-refractivity contribution in [2.24, 2.45) is 0 Å². The summed E-state index contributed by atoms with van der Waals surface area (Å²) in [5.74, 6) is 0.974. The van der Waals surface area contributed by atoms with E-state index in [9.17, 15) is 4.79 Å². The van der Waals surface area contributed by atoms with E-state index in [1.54, 1.807) is 12.4 Å². The maximum Gasteiger partial charge on any atom is 0.256 e. The van der Waals surface area contributed by atoms with Crippen molar-refractivity contribution < 1.29 is 4.79 Å². The van der Waals surface area contributed by atoms with Crippen LogP contribution >= 0.6 is 0 Å². The van der Waals surface area contributed by atoms with Crippen molar-refractivity contribution >= 4 is 5.91 Å². The quantitative estimate of drug-likeness (QED) is 0.769. The van der Waals surface area contributed by atoms with Crippen molar-refractivity contribution in [1.82, 2.24) is 24.4 Å². The third kappa shape index (κ3) is 3.39. The van der Waals surface area contributed by atoms with Crippen LogP contribution in [0.4, 0.5) is 0 Å². The van der Waals surface area contributed by atoms with E-state index < -0.39 is 0 Å². The minimum Gasteiger partial charge on any atom is -0.347 e. The number of aromatic amines is 1. The number of nitrogens with one attached hydrogen (secondary N) is 1. The van der Waals surface area contributed by atoms with Gasteiger partial charge in [0.05, 0.1) is 23.8 Å². The molecule has 0 bridgehead atoms. The maximum absolute atomic E-state index is 13.4. The highest BCUT2D eigenvalue weighted by molar-refractivity contribution is 5.96. The Balaban J connectivity index is 1.62. The van der Waals surface area contributed by atoms with Gasteiger partial charge in [0.25, 0.3) is 5.91 Å². The Morgan fingerprint density at radius 2 is 2.11 bits per heavy atom. The number of carbonyl (C=O) groups excluding carboxylic acids is 1. The fourth-order valence-electron chi connectivity index (χ4n) is 3.99. The molecule has 6 heteroatoms. The van der Waals surface area contributed by atoms with Crippen LogP contribution < -0.4 is 0 Å². The number of H-pyrrole nitrogens is 1. The van der Waals surface area contributed by atoms with Gasteiger partial charge in [-0.05, 0) is 51.3 Å². The molecule has 3 aromatic rings. The molecular formula is C21H25N5O. The average Bonchev–Trinajstić information content (AvgIpc) is 3.33. The maximum atomic E-state index is 13.4. The van der Waals surface area contributed by atoms with Gasteiger partial charge in [0.2, 0.25) is 0 Å². The minimum absolute atomic E-state index is 0.0279. The first kappa shape index (κ1) is 17.5. The molecule has 3 aromatic heterocycles. The minimum atomic E-state index is 0.0279. The summed E-state index contributed by atoms with van der Waals surface area (Å²) >= 11 is 0. The standard InChI is InChI=1S/C21H25N5O/c1-15-13-18(16(2)26(15)14-17-7-3-5-9-22-17)21(27)25-12-6-4-8-19(25)20-23-10-11-24-20/h3,5,7,9-11,13,19H,4,6,8,12,14H2,1-2H3,(H,23,24)/t19-/m0/s1. The van der Waals surface area contributed by atoms with E-state index in [4.69, 9.17) is 0 Å². The van der Waals surface area contributed by atoms with Gasteiger partial charge in [-0.3, -0.25) is 9.78 Å². The van der Waals surface area contributed by atoms with Crippen LogP contribution in [0.2, 0.25) is 0 Å². The number of piperidine rings is 1. The lowest BCUT2D eigenvalue weighted by atomic mass is 10.00. The fraction of sp³-hybridized carbons (Fsp3) is 0.381. The van der Waals surface area contributed by atoms with Gasteiger partial charge in [-0.25, -0.2) is 4.98 Å². The smallest absolute Gasteiger partial charge is 0.256 e. The number of carbonyl (C=O) groups is 1. The molecule has 0 radical (unpaired) electrons. The monoisotopic (exact) mass is 363 g/mol. The summed E-state index contributed by atoms with van der Waals surface area (Å²) in [6, 6.07) is 7.95. The van der Waals surface area contributed by atoms with E-state index >= 15 is 0 Å². The number of hydrogen-bond donors (Lipinski definition) is 1. The Hall–Kier alpha value is -2.89. The van der Waals surface area contributed by atoms with Crippen molar-refractivity contribution in [1.29, 1.82) is 0 Å². The largest absolute Gasteiger partial charge is 0.347 e. The normalized spacial score (nSPS) is 17.3. The van der Waals surface area contributed by atoms with Gasteiger partial charge in [-0.2, -0.15) is 0 Å². The summed E-state index contributed by atoms with van der Waals surface area (Å²) in [6.45, 7) is 5.52. The zero-order chi connectivity index (χ0) is 18.8. The molecule has 0 aliphatic carbocycles. The Morgan fingerprint density at radius 3 is 2.85 bits per heavy atom. The first-order valence-electron chi connectivity index (χ1n) is 9.52. The third-order valence-electron chi connectivity index (χ3n) is 5.45. The summed E-state index contributed by atoms with van der Waals surface area (Å²) in [6.07, 6.45) is 8.49. The average molecular weight is 363 g/mol. The van der Waals surface area contributed by atoms with Crippen LogP contribution in [0.15, 0.2) is 42.9 Å². The van der Waals surface area contributed by atoms with Crippen molar-refractivity contribution in [3.8, 4) is 0 Å². The van der Waals surface area contributed by atoms with E-state index in [1.807, 2.05) is 49.2 Å². The lowest BCUT2D eigenvalue weighted by Gasteiger charge is -2.34. The van der Waals surface area contributed by atoms with E-state index in [-0.39, 0.29) is 11.9 Å². The molecule has 1 atom stereocenters. The second-order valence-electron chi connectivity index (χ2n) is 7.18. The van der Waals surface area contributed by atoms with Crippen LogP contribution in [-0.2, 0) is 6.54 Å². The molecule has 0 saturated carbocycles. The molecular weight excluding hydrogens is 338 g/mol. The lowest BCUT2D eigenvalue weighted by Crippen LogP contribution is -2.39. The Morgan fingerprint density at radius 1 is 1.22 bits per heavy atom. The number of hydrogen-bond acceptors (Lipinski definition) is 3. The second kappa shape index (κ2) is 7.39.